The molecular formula is C23H23N3O4. The Kier molecular flexibility index (Phi) is 5.35. The van der Waals surface area contributed by atoms with Crippen LogP contribution in [-0.2, 0) is 27.2 Å². The number of aryl methyl sites for hydroxylation is 1. The topological polar surface area (TPSA) is 92.4 Å². The molecule has 0 saturated heterocycles. The molecule has 2 atom stereocenters. The molecule has 0 bridgehead atoms. The van der Waals surface area contributed by atoms with E-state index in [9.17, 15) is 14.4 Å². The van der Waals surface area contributed by atoms with E-state index in [0.29, 0.717) is 16.7 Å². The zero-order chi connectivity index (χ0) is 21.3. The molecular weight excluding hydrogens is 382 g/mol. The maximum Gasteiger partial charge on any atom is 0.307 e. The van der Waals surface area contributed by atoms with Gasteiger partial charge in [-0.25, -0.2) is 4.98 Å². The maximum atomic E-state index is 12.9. The molecule has 0 spiro atoms. The molecule has 7 heteroatoms. The first-order valence-corrected chi connectivity index (χ1v) is 10.0. The van der Waals surface area contributed by atoms with Gasteiger partial charge < -0.3 is 14.6 Å². The molecule has 0 unspecified atom stereocenters. The minimum atomic E-state index is -0.894. The number of fused-ring (bicyclic) bond motifs is 2. The molecule has 1 aliphatic heterocycles. The van der Waals surface area contributed by atoms with Crippen molar-refractivity contribution < 1.29 is 14.3 Å². The third kappa shape index (κ3) is 3.83. The normalized spacial score (nSPS) is 16.3. The standard InChI is InChI=1S/C23H23N3O4/c1-14-13-16-7-3-6-10-19(16)26(14)23(29)15(2)30-21(27)12-11-20-24-18-9-5-4-8-17(18)22(28)25-20/h3-10,14-15H,11-13H2,1-2H3,(H,24,25,28)/t14-,15+/m0/s1. The highest BCUT2D eigenvalue weighted by molar-refractivity contribution is 5.99. The van der Waals surface area contributed by atoms with Crippen LogP contribution in [0.3, 0.4) is 0 Å². The average Bonchev–Trinajstić information content (AvgIpc) is 3.07. The van der Waals surface area contributed by atoms with E-state index in [-0.39, 0.29) is 30.3 Å². The van der Waals surface area contributed by atoms with Crippen LogP contribution in [0, 0.1) is 0 Å². The predicted octanol–water partition coefficient (Wildman–Crippen LogP) is 2.77. The summed E-state index contributed by atoms with van der Waals surface area (Å²) in [7, 11) is 0. The number of amides is 1. The van der Waals surface area contributed by atoms with E-state index in [1.165, 1.54) is 0 Å². The van der Waals surface area contributed by atoms with Crippen molar-refractivity contribution in [2.45, 2.75) is 45.3 Å². The van der Waals surface area contributed by atoms with Crippen molar-refractivity contribution in [1.82, 2.24) is 9.97 Å². The quantitative estimate of drug-likeness (QED) is 0.659. The third-order valence-corrected chi connectivity index (χ3v) is 5.33. The molecule has 0 aliphatic carbocycles. The number of para-hydroxylation sites is 2. The van der Waals surface area contributed by atoms with E-state index in [1.807, 2.05) is 31.2 Å². The number of carbonyl (C=O) groups is 2. The number of hydrogen-bond donors (Lipinski definition) is 1. The second kappa shape index (κ2) is 8.10. The maximum absolute atomic E-state index is 12.9. The summed E-state index contributed by atoms with van der Waals surface area (Å²) in [6.07, 6.45) is 0.131. The summed E-state index contributed by atoms with van der Waals surface area (Å²) in [5, 5.41) is 0.503. The fourth-order valence-electron chi connectivity index (χ4n) is 3.88. The zero-order valence-electron chi connectivity index (χ0n) is 16.9. The fourth-order valence-corrected chi connectivity index (χ4v) is 3.88. The predicted molar refractivity (Wildman–Crippen MR) is 113 cm³/mol. The second-order valence-electron chi connectivity index (χ2n) is 7.55. The lowest BCUT2D eigenvalue weighted by atomic mass is 10.1. The van der Waals surface area contributed by atoms with Gasteiger partial charge >= 0.3 is 5.97 Å². The van der Waals surface area contributed by atoms with Crippen molar-refractivity contribution in [1.29, 1.82) is 0 Å². The Morgan fingerprint density at radius 3 is 2.77 bits per heavy atom. The summed E-state index contributed by atoms with van der Waals surface area (Å²) in [5.41, 5.74) is 2.32. The average molecular weight is 405 g/mol. The van der Waals surface area contributed by atoms with E-state index in [0.717, 1.165) is 17.7 Å². The molecule has 2 heterocycles. The van der Waals surface area contributed by atoms with Gasteiger partial charge in [-0.3, -0.25) is 14.4 Å². The van der Waals surface area contributed by atoms with Gasteiger partial charge in [-0.2, -0.15) is 0 Å². The number of aromatic nitrogens is 2. The lowest BCUT2D eigenvalue weighted by Gasteiger charge is -2.25. The monoisotopic (exact) mass is 405 g/mol. The van der Waals surface area contributed by atoms with Crippen molar-refractivity contribution in [3.05, 3.63) is 70.3 Å². The Morgan fingerprint density at radius 1 is 1.20 bits per heavy atom. The number of carbonyl (C=O) groups excluding carboxylic acids is 2. The van der Waals surface area contributed by atoms with Crippen LogP contribution in [0.1, 0.15) is 31.7 Å². The Hall–Kier alpha value is -3.48. The molecule has 1 N–H and O–H groups in total. The van der Waals surface area contributed by atoms with Gasteiger partial charge in [0.15, 0.2) is 6.10 Å². The number of ether oxygens (including phenoxy) is 1. The molecule has 0 fully saturated rings. The number of nitrogens with zero attached hydrogens (tertiary/aromatic N) is 2. The van der Waals surface area contributed by atoms with Crippen molar-refractivity contribution in [2.24, 2.45) is 0 Å². The summed E-state index contributed by atoms with van der Waals surface area (Å²) in [4.78, 5) is 46.1. The first kappa shape index (κ1) is 19.8. The summed E-state index contributed by atoms with van der Waals surface area (Å²) < 4.78 is 5.38. The number of benzene rings is 2. The third-order valence-electron chi connectivity index (χ3n) is 5.33. The Morgan fingerprint density at radius 2 is 1.93 bits per heavy atom. The smallest absolute Gasteiger partial charge is 0.307 e. The van der Waals surface area contributed by atoms with Crippen molar-refractivity contribution in [2.75, 3.05) is 4.90 Å². The summed E-state index contributed by atoms with van der Waals surface area (Å²) in [5.74, 6) is -0.332. The van der Waals surface area contributed by atoms with Gasteiger partial charge in [-0.05, 0) is 44.0 Å². The molecule has 1 aliphatic rings. The lowest BCUT2D eigenvalue weighted by molar-refractivity contribution is -0.154. The van der Waals surface area contributed by atoms with Crippen LogP contribution in [0.4, 0.5) is 5.69 Å². The second-order valence-corrected chi connectivity index (χ2v) is 7.55. The van der Waals surface area contributed by atoms with Gasteiger partial charge in [0.05, 0.1) is 17.3 Å². The van der Waals surface area contributed by atoms with Gasteiger partial charge in [-0.1, -0.05) is 30.3 Å². The highest BCUT2D eigenvalue weighted by Gasteiger charge is 2.34. The minimum absolute atomic E-state index is 0.0166. The van der Waals surface area contributed by atoms with E-state index in [2.05, 4.69) is 9.97 Å². The van der Waals surface area contributed by atoms with Crippen LogP contribution in [0.5, 0.6) is 0 Å². The molecule has 2 aromatic carbocycles. The van der Waals surface area contributed by atoms with Crippen LogP contribution >= 0.6 is 0 Å². The number of aromatic amines is 1. The molecule has 7 nitrogen and oxygen atoms in total. The van der Waals surface area contributed by atoms with Gasteiger partial charge in [0.2, 0.25) is 0 Å². The molecule has 30 heavy (non-hydrogen) atoms. The number of rotatable bonds is 5. The van der Waals surface area contributed by atoms with Crippen LogP contribution in [0.15, 0.2) is 53.3 Å². The number of nitrogens with one attached hydrogen (secondary N) is 1. The molecule has 154 valence electrons. The summed E-state index contributed by atoms with van der Waals surface area (Å²) >= 11 is 0. The molecule has 3 aromatic rings. The number of esters is 1. The van der Waals surface area contributed by atoms with Crippen molar-refractivity contribution >= 4 is 28.5 Å². The van der Waals surface area contributed by atoms with E-state index in [4.69, 9.17) is 4.74 Å². The molecule has 0 saturated carbocycles. The number of H-pyrrole nitrogens is 1. The zero-order valence-corrected chi connectivity index (χ0v) is 16.9. The van der Waals surface area contributed by atoms with Crippen LogP contribution < -0.4 is 10.5 Å². The first-order chi connectivity index (χ1) is 14.4. The van der Waals surface area contributed by atoms with Gasteiger partial charge in [0, 0.05) is 18.2 Å². The number of hydrogen-bond acceptors (Lipinski definition) is 5. The van der Waals surface area contributed by atoms with E-state index < -0.39 is 12.1 Å². The highest BCUT2D eigenvalue weighted by Crippen LogP contribution is 2.32. The van der Waals surface area contributed by atoms with Crippen molar-refractivity contribution in [3.8, 4) is 0 Å². The Balaban J connectivity index is 1.38. The van der Waals surface area contributed by atoms with Crippen LogP contribution in [-0.4, -0.2) is 34.0 Å². The largest absolute Gasteiger partial charge is 0.453 e. The first-order valence-electron chi connectivity index (χ1n) is 10.0. The van der Waals surface area contributed by atoms with Gasteiger partial charge in [0.1, 0.15) is 5.82 Å². The van der Waals surface area contributed by atoms with Crippen molar-refractivity contribution in [3.63, 3.8) is 0 Å². The summed E-state index contributed by atoms with van der Waals surface area (Å²) in [6.45, 7) is 3.57. The van der Waals surface area contributed by atoms with E-state index in [1.54, 1.807) is 36.1 Å². The molecule has 1 amide bonds. The van der Waals surface area contributed by atoms with E-state index >= 15 is 0 Å². The van der Waals surface area contributed by atoms with Gasteiger partial charge in [-0.15, -0.1) is 0 Å². The molecule has 0 radical (unpaired) electrons. The SMILES string of the molecule is C[C@@H](OC(=O)CCc1nc2ccccc2c(=O)[nH]1)C(=O)N1c2ccccc2C[C@@H]1C. The molecule has 4 rings (SSSR count). The Bertz CT molecular complexity index is 1170. The lowest BCUT2D eigenvalue weighted by Crippen LogP contribution is -2.43. The summed E-state index contributed by atoms with van der Waals surface area (Å²) in [6, 6.07) is 14.8. The molecule has 1 aromatic heterocycles. The highest BCUT2D eigenvalue weighted by atomic mass is 16.5. The number of anilines is 1. The fraction of sp³-hybridized carbons (Fsp3) is 0.304. The minimum Gasteiger partial charge on any atom is -0.453 e. The van der Waals surface area contributed by atoms with Crippen LogP contribution in [0.25, 0.3) is 10.9 Å². The van der Waals surface area contributed by atoms with Gasteiger partial charge in [0.25, 0.3) is 11.5 Å². The Labute approximate surface area is 173 Å². The van der Waals surface area contributed by atoms with Crippen LogP contribution in [0.2, 0.25) is 0 Å².